The van der Waals surface area contributed by atoms with E-state index < -0.39 is 12.1 Å². The van der Waals surface area contributed by atoms with Crippen LogP contribution in [0.25, 0.3) is 28.2 Å². The van der Waals surface area contributed by atoms with E-state index in [0.29, 0.717) is 25.4 Å². The molecule has 1 N–H and O–H groups in total. The van der Waals surface area contributed by atoms with Crippen LogP contribution in [0.4, 0.5) is 0 Å². The van der Waals surface area contributed by atoms with Crippen molar-refractivity contribution in [3.63, 3.8) is 0 Å². The van der Waals surface area contributed by atoms with Gasteiger partial charge in [0.1, 0.15) is 23.9 Å². The maximum atomic E-state index is 11.4. The monoisotopic (exact) mass is 534 g/mol. The number of hydrogen-bond donors (Lipinski definition) is 1. The molecule has 0 fully saturated rings. The second kappa shape index (κ2) is 12.8. The van der Waals surface area contributed by atoms with Crippen LogP contribution in [0.3, 0.4) is 0 Å². The van der Waals surface area contributed by atoms with Crippen molar-refractivity contribution in [2.75, 3.05) is 13.2 Å². The number of carboxylic acids is 1. The predicted molar refractivity (Wildman–Crippen MR) is 154 cm³/mol. The summed E-state index contributed by atoms with van der Waals surface area (Å²) in [6.07, 6.45) is 4.84. The summed E-state index contributed by atoms with van der Waals surface area (Å²) in [5, 5.41) is 9.34. The minimum absolute atomic E-state index is 0.301. The van der Waals surface area contributed by atoms with E-state index in [1.807, 2.05) is 72.8 Å². The van der Waals surface area contributed by atoms with Crippen LogP contribution < -0.4 is 4.74 Å². The van der Waals surface area contributed by atoms with Crippen LogP contribution in [0.5, 0.6) is 5.75 Å². The largest absolute Gasteiger partial charge is 0.490 e. The molecule has 1 atom stereocenters. The quantitative estimate of drug-likeness (QED) is 0.176. The van der Waals surface area contributed by atoms with Crippen molar-refractivity contribution in [3.8, 4) is 28.4 Å². The van der Waals surface area contributed by atoms with Crippen molar-refractivity contribution in [1.82, 2.24) is 0 Å². The van der Waals surface area contributed by atoms with Gasteiger partial charge in [-0.1, -0.05) is 60.7 Å². The molecule has 0 unspecified atom stereocenters. The van der Waals surface area contributed by atoms with Crippen LogP contribution in [0.1, 0.15) is 23.6 Å². The lowest BCUT2D eigenvalue weighted by Crippen LogP contribution is -2.26. The highest BCUT2D eigenvalue weighted by Crippen LogP contribution is 2.29. The summed E-state index contributed by atoms with van der Waals surface area (Å²) in [5.41, 5.74) is 6.03. The van der Waals surface area contributed by atoms with Gasteiger partial charge in [-0.3, -0.25) is 0 Å². The van der Waals surface area contributed by atoms with Gasteiger partial charge in [0.25, 0.3) is 0 Å². The maximum Gasteiger partial charge on any atom is 0.333 e. The molecular weight excluding hydrogens is 504 g/mol. The topological polar surface area (TPSA) is 82.0 Å². The Kier molecular flexibility index (Phi) is 8.59. The summed E-state index contributed by atoms with van der Waals surface area (Å²) in [6.45, 7) is 2.49. The number of furan rings is 2. The molecule has 0 saturated heterocycles. The molecule has 3 aromatic carbocycles. The van der Waals surface area contributed by atoms with Crippen molar-refractivity contribution in [1.29, 1.82) is 0 Å². The van der Waals surface area contributed by atoms with Gasteiger partial charge in [-0.2, -0.15) is 0 Å². The second-order valence-electron chi connectivity index (χ2n) is 9.17. The Hall–Kier alpha value is -4.81. The van der Waals surface area contributed by atoms with Gasteiger partial charge in [-0.05, 0) is 71.7 Å². The smallest absolute Gasteiger partial charge is 0.333 e. The van der Waals surface area contributed by atoms with Gasteiger partial charge in [0.2, 0.25) is 0 Å². The minimum Gasteiger partial charge on any atom is -0.490 e. The molecule has 0 bridgehead atoms. The fourth-order valence-electron chi connectivity index (χ4n) is 4.49. The first-order valence-corrected chi connectivity index (χ1v) is 13.2. The highest BCUT2D eigenvalue weighted by atomic mass is 16.5. The van der Waals surface area contributed by atoms with Crippen LogP contribution in [0.15, 0.2) is 124 Å². The molecule has 2 heterocycles. The standard InChI is InChI=1S/C34H30O6/c1-2-37-33(34(35)36)23-24-7-17-29(18-8-24)38-22-19-30(25-9-13-27(14-10-25)31-5-3-20-39-31)26-11-15-28(16-12-26)32-6-4-21-40-32/h3-21,33H,2,22-23H2,1H3,(H,35,36)/t33-/m0/s1. The van der Waals surface area contributed by atoms with E-state index in [-0.39, 0.29) is 0 Å². The minimum atomic E-state index is -0.964. The van der Waals surface area contributed by atoms with Crippen molar-refractivity contribution in [2.24, 2.45) is 0 Å². The van der Waals surface area contributed by atoms with E-state index in [0.717, 1.165) is 44.9 Å². The summed E-state index contributed by atoms with van der Waals surface area (Å²) in [5.74, 6) is 1.38. The second-order valence-corrected chi connectivity index (χ2v) is 9.17. The van der Waals surface area contributed by atoms with Gasteiger partial charge in [0.05, 0.1) is 12.5 Å². The number of hydrogen-bond acceptors (Lipinski definition) is 5. The Balaban J connectivity index is 1.34. The third-order valence-corrected chi connectivity index (χ3v) is 6.53. The lowest BCUT2D eigenvalue weighted by Gasteiger charge is -2.13. The first kappa shape index (κ1) is 26.8. The molecule has 202 valence electrons. The fraction of sp³-hybridized carbons (Fsp3) is 0.147. The predicted octanol–water partition coefficient (Wildman–Crippen LogP) is 7.75. The Morgan fingerprint density at radius 2 is 1.35 bits per heavy atom. The van der Waals surface area contributed by atoms with Gasteiger partial charge in [0, 0.05) is 24.2 Å². The van der Waals surface area contributed by atoms with Crippen molar-refractivity contribution < 1.29 is 28.2 Å². The molecular formula is C34H30O6. The molecule has 2 aromatic heterocycles. The zero-order chi connectivity index (χ0) is 27.7. The zero-order valence-electron chi connectivity index (χ0n) is 22.2. The summed E-state index contributed by atoms with van der Waals surface area (Å²) < 4.78 is 22.4. The number of ether oxygens (including phenoxy) is 2. The highest BCUT2D eigenvalue weighted by molar-refractivity contribution is 5.81. The summed E-state index contributed by atoms with van der Waals surface area (Å²) in [4.78, 5) is 11.4. The van der Waals surface area contributed by atoms with Gasteiger partial charge in [0.15, 0.2) is 6.10 Å². The van der Waals surface area contributed by atoms with E-state index in [1.165, 1.54) is 0 Å². The zero-order valence-corrected chi connectivity index (χ0v) is 22.2. The van der Waals surface area contributed by atoms with Crippen molar-refractivity contribution >= 4 is 11.5 Å². The van der Waals surface area contributed by atoms with Gasteiger partial charge in [-0.15, -0.1) is 0 Å². The number of carboxylic acid groups (broad SMARTS) is 1. The van der Waals surface area contributed by atoms with Crippen LogP contribution in [-0.2, 0) is 16.0 Å². The first-order valence-electron chi connectivity index (χ1n) is 13.2. The lowest BCUT2D eigenvalue weighted by molar-refractivity contribution is -0.149. The normalized spacial score (nSPS) is 11.6. The Labute approximate surface area is 233 Å². The van der Waals surface area contributed by atoms with Gasteiger partial charge >= 0.3 is 5.97 Å². The Morgan fingerprint density at radius 3 is 1.80 bits per heavy atom. The molecule has 0 aliphatic heterocycles. The summed E-state index contributed by atoms with van der Waals surface area (Å²) in [7, 11) is 0. The lowest BCUT2D eigenvalue weighted by atomic mass is 9.95. The average Bonchev–Trinajstić information content (AvgIpc) is 3.72. The number of carbonyl (C=O) groups is 1. The number of rotatable bonds is 12. The first-order chi connectivity index (χ1) is 19.6. The SMILES string of the molecule is CCO[C@@H](Cc1ccc(OCC=C(c2ccc(-c3ccco3)cc2)c2ccc(-c3ccco3)cc2)cc1)C(=O)O. The molecule has 40 heavy (non-hydrogen) atoms. The molecule has 5 aromatic rings. The maximum absolute atomic E-state index is 11.4. The fourth-order valence-corrected chi connectivity index (χ4v) is 4.49. The molecule has 0 aliphatic rings. The summed E-state index contributed by atoms with van der Waals surface area (Å²) in [6, 6.07) is 31.6. The molecule has 0 saturated carbocycles. The summed E-state index contributed by atoms with van der Waals surface area (Å²) >= 11 is 0. The molecule has 6 heteroatoms. The van der Waals surface area contributed by atoms with E-state index in [2.05, 4.69) is 30.3 Å². The Morgan fingerprint density at radius 1 is 0.800 bits per heavy atom. The van der Waals surface area contributed by atoms with Crippen LogP contribution >= 0.6 is 0 Å². The Bertz CT molecular complexity index is 1430. The van der Waals surface area contributed by atoms with Crippen LogP contribution in [0, 0.1) is 0 Å². The third-order valence-electron chi connectivity index (χ3n) is 6.53. The number of benzene rings is 3. The van der Waals surface area contributed by atoms with E-state index in [1.54, 1.807) is 19.5 Å². The van der Waals surface area contributed by atoms with E-state index in [9.17, 15) is 9.90 Å². The van der Waals surface area contributed by atoms with E-state index >= 15 is 0 Å². The highest BCUT2D eigenvalue weighted by Gasteiger charge is 2.18. The molecule has 0 radical (unpaired) electrons. The molecule has 0 aliphatic carbocycles. The van der Waals surface area contributed by atoms with Gasteiger partial charge < -0.3 is 23.4 Å². The average molecular weight is 535 g/mol. The van der Waals surface area contributed by atoms with Crippen LogP contribution in [-0.4, -0.2) is 30.4 Å². The molecule has 0 spiro atoms. The molecule has 6 nitrogen and oxygen atoms in total. The van der Waals surface area contributed by atoms with Gasteiger partial charge in [-0.25, -0.2) is 4.79 Å². The number of aliphatic carboxylic acids is 1. The third kappa shape index (κ3) is 6.60. The van der Waals surface area contributed by atoms with Crippen molar-refractivity contribution in [3.05, 3.63) is 132 Å². The van der Waals surface area contributed by atoms with E-state index in [4.69, 9.17) is 18.3 Å². The molecule has 0 amide bonds. The van der Waals surface area contributed by atoms with Crippen molar-refractivity contribution in [2.45, 2.75) is 19.4 Å². The van der Waals surface area contributed by atoms with Crippen LogP contribution in [0.2, 0.25) is 0 Å². The molecule has 5 rings (SSSR count).